The molecule has 4 rings (SSSR count). The van der Waals surface area contributed by atoms with Gasteiger partial charge in [0.2, 0.25) is 5.91 Å². The molecule has 4 atom stereocenters. The summed E-state index contributed by atoms with van der Waals surface area (Å²) in [6.45, 7) is 2.90. The Morgan fingerprint density at radius 3 is 3.14 bits per heavy atom. The van der Waals surface area contributed by atoms with Crippen LogP contribution < -0.4 is 0 Å². The molecule has 1 spiro atoms. The van der Waals surface area contributed by atoms with Crippen LogP contribution in [0.3, 0.4) is 0 Å². The molecule has 6 nitrogen and oxygen atoms in total. The van der Waals surface area contributed by atoms with Crippen molar-refractivity contribution in [1.29, 1.82) is 0 Å². The lowest BCUT2D eigenvalue weighted by Crippen LogP contribution is -2.39. The molecule has 1 amide bonds. The number of furan rings is 1. The van der Waals surface area contributed by atoms with E-state index >= 15 is 0 Å². The molecule has 6 heteroatoms. The predicted molar refractivity (Wildman–Crippen MR) is 74.5 cm³/mol. The number of amides is 1. The molecule has 1 aromatic heterocycles. The Balaban J connectivity index is 1.61. The Labute approximate surface area is 127 Å². The van der Waals surface area contributed by atoms with Crippen LogP contribution in [0.15, 0.2) is 35.0 Å². The molecule has 0 radical (unpaired) electrons. The smallest absolute Gasteiger partial charge is 0.312 e. The molecule has 1 aromatic rings. The summed E-state index contributed by atoms with van der Waals surface area (Å²) in [6, 6.07) is 3.62. The molecule has 0 aromatic carbocycles. The van der Waals surface area contributed by atoms with Crippen LogP contribution in [0.4, 0.5) is 0 Å². The molecule has 0 N–H and O–H groups in total. The van der Waals surface area contributed by atoms with E-state index in [-0.39, 0.29) is 18.0 Å². The number of nitrogens with zero attached hydrogens (tertiary/aromatic N) is 1. The van der Waals surface area contributed by atoms with Gasteiger partial charge in [0, 0.05) is 0 Å². The van der Waals surface area contributed by atoms with E-state index < -0.39 is 17.4 Å². The largest absolute Gasteiger partial charge is 0.467 e. The van der Waals surface area contributed by atoms with Gasteiger partial charge in [-0.15, -0.1) is 0 Å². The number of hydrogen-bond acceptors (Lipinski definition) is 5. The fourth-order valence-corrected chi connectivity index (χ4v) is 3.81. The monoisotopic (exact) mass is 303 g/mol. The molecule has 0 unspecified atom stereocenters. The molecule has 2 bridgehead atoms. The molecule has 116 valence electrons. The van der Waals surface area contributed by atoms with Gasteiger partial charge in [0.1, 0.15) is 17.3 Å². The Morgan fingerprint density at radius 2 is 2.41 bits per heavy atom. The average molecular weight is 303 g/mol. The van der Waals surface area contributed by atoms with Gasteiger partial charge in [-0.25, -0.2) is 0 Å². The Hall–Kier alpha value is -2.08. The van der Waals surface area contributed by atoms with E-state index in [2.05, 4.69) is 0 Å². The number of carbonyl (C=O) groups is 2. The summed E-state index contributed by atoms with van der Waals surface area (Å²) < 4.78 is 16.4. The molecule has 2 fully saturated rings. The van der Waals surface area contributed by atoms with E-state index in [0.29, 0.717) is 19.7 Å². The normalized spacial score (nSPS) is 35.2. The number of hydrogen-bond donors (Lipinski definition) is 0. The summed E-state index contributed by atoms with van der Waals surface area (Å²) in [5, 5.41) is 0. The third-order valence-corrected chi connectivity index (χ3v) is 4.66. The molecule has 0 saturated carbocycles. The van der Waals surface area contributed by atoms with Gasteiger partial charge in [-0.2, -0.15) is 0 Å². The van der Waals surface area contributed by atoms with Gasteiger partial charge >= 0.3 is 5.97 Å². The van der Waals surface area contributed by atoms with E-state index in [9.17, 15) is 9.59 Å². The van der Waals surface area contributed by atoms with Gasteiger partial charge in [0.25, 0.3) is 0 Å². The van der Waals surface area contributed by atoms with E-state index in [1.807, 2.05) is 18.2 Å². The number of likely N-dealkylation sites (tertiary alicyclic amines) is 1. The molecule has 2 saturated heterocycles. The summed E-state index contributed by atoms with van der Waals surface area (Å²) in [7, 11) is 0. The first-order chi connectivity index (χ1) is 10.6. The average Bonchev–Trinajstić information content (AvgIpc) is 3.23. The fraction of sp³-hybridized carbons (Fsp3) is 0.500. The Bertz CT molecular complexity index is 637. The molecule has 22 heavy (non-hydrogen) atoms. The number of carbonyl (C=O) groups excluding carboxylic acids is 2. The van der Waals surface area contributed by atoms with Crippen molar-refractivity contribution in [2.75, 3.05) is 13.2 Å². The van der Waals surface area contributed by atoms with E-state index in [0.717, 1.165) is 5.76 Å². The van der Waals surface area contributed by atoms with Crippen molar-refractivity contribution in [2.45, 2.75) is 25.2 Å². The first kappa shape index (κ1) is 13.6. The first-order valence-corrected chi connectivity index (χ1v) is 7.49. The van der Waals surface area contributed by atoms with Crippen LogP contribution >= 0.6 is 0 Å². The van der Waals surface area contributed by atoms with Crippen LogP contribution in [0.5, 0.6) is 0 Å². The van der Waals surface area contributed by atoms with Gasteiger partial charge in [0.15, 0.2) is 0 Å². The molecular formula is C16H17NO5. The molecule has 0 aliphatic carbocycles. The van der Waals surface area contributed by atoms with Crippen molar-refractivity contribution in [2.24, 2.45) is 11.8 Å². The van der Waals surface area contributed by atoms with Crippen molar-refractivity contribution >= 4 is 11.9 Å². The Morgan fingerprint density at radius 1 is 1.55 bits per heavy atom. The molecule has 4 heterocycles. The van der Waals surface area contributed by atoms with Crippen LogP contribution in [0.25, 0.3) is 0 Å². The first-order valence-electron chi connectivity index (χ1n) is 7.49. The minimum absolute atomic E-state index is 0.0682. The lowest BCUT2D eigenvalue weighted by Gasteiger charge is -2.22. The zero-order valence-corrected chi connectivity index (χ0v) is 12.2. The highest BCUT2D eigenvalue weighted by Crippen LogP contribution is 2.52. The second-order valence-corrected chi connectivity index (χ2v) is 5.93. The van der Waals surface area contributed by atoms with Crippen molar-refractivity contribution in [3.05, 3.63) is 36.3 Å². The van der Waals surface area contributed by atoms with Gasteiger partial charge in [0.05, 0.1) is 38.0 Å². The molecule has 3 aliphatic heterocycles. The minimum atomic E-state index is -0.689. The van der Waals surface area contributed by atoms with Crippen molar-refractivity contribution in [3.63, 3.8) is 0 Å². The maximum Gasteiger partial charge on any atom is 0.312 e. The standard InChI is InChI=1S/C16H17NO5/c1-2-20-15(19)12-11-5-6-16(22-11)9-17(14(18)13(12)16)8-10-4-3-7-21-10/h3-7,11-13H,2,8-9H2,1H3/t11-,12+,13-,16+/m0/s1. The van der Waals surface area contributed by atoms with Gasteiger partial charge in [-0.05, 0) is 19.1 Å². The SMILES string of the molecule is CCOC(=O)[C@@H]1[C@@H]2C=C[C@]3(CN(Cc4ccco4)C(=O)[C@H]13)O2. The Kier molecular flexibility index (Phi) is 2.91. The summed E-state index contributed by atoms with van der Waals surface area (Å²) in [5.41, 5.74) is -0.689. The summed E-state index contributed by atoms with van der Waals surface area (Å²) >= 11 is 0. The lowest BCUT2D eigenvalue weighted by atomic mass is 9.77. The summed E-state index contributed by atoms with van der Waals surface area (Å²) in [4.78, 5) is 26.7. The van der Waals surface area contributed by atoms with Crippen molar-refractivity contribution in [1.82, 2.24) is 4.90 Å². The van der Waals surface area contributed by atoms with E-state index in [4.69, 9.17) is 13.9 Å². The highest BCUT2D eigenvalue weighted by molar-refractivity contribution is 5.91. The second-order valence-electron chi connectivity index (χ2n) is 5.93. The molecule has 3 aliphatic rings. The topological polar surface area (TPSA) is 69.0 Å². The second kappa shape index (κ2) is 4.71. The van der Waals surface area contributed by atoms with Crippen LogP contribution in [0.1, 0.15) is 12.7 Å². The van der Waals surface area contributed by atoms with Gasteiger partial charge in [-0.1, -0.05) is 12.2 Å². The summed E-state index contributed by atoms with van der Waals surface area (Å²) in [6.07, 6.45) is 5.04. The van der Waals surface area contributed by atoms with Crippen LogP contribution in [0.2, 0.25) is 0 Å². The number of fused-ring (bicyclic) bond motifs is 1. The number of rotatable bonds is 4. The minimum Gasteiger partial charge on any atom is -0.467 e. The van der Waals surface area contributed by atoms with E-state index in [1.54, 1.807) is 24.2 Å². The van der Waals surface area contributed by atoms with Crippen molar-refractivity contribution in [3.8, 4) is 0 Å². The highest BCUT2D eigenvalue weighted by Gasteiger charge is 2.67. The lowest BCUT2D eigenvalue weighted by molar-refractivity contribution is -0.153. The van der Waals surface area contributed by atoms with Crippen LogP contribution in [-0.4, -0.2) is 41.6 Å². The predicted octanol–water partition coefficient (Wildman–Crippen LogP) is 1.12. The third-order valence-electron chi connectivity index (χ3n) is 4.66. The highest BCUT2D eigenvalue weighted by atomic mass is 16.6. The summed E-state index contributed by atoms with van der Waals surface area (Å²) in [5.74, 6) is -0.732. The number of ether oxygens (including phenoxy) is 2. The van der Waals surface area contributed by atoms with E-state index in [1.165, 1.54) is 0 Å². The number of esters is 1. The third kappa shape index (κ3) is 1.76. The zero-order valence-electron chi connectivity index (χ0n) is 12.2. The van der Waals surface area contributed by atoms with Crippen LogP contribution in [-0.2, 0) is 25.6 Å². The fourth-order valence-electron chi connectivity index (χ4n) is 3.81. The van der Waals surface area contributed by atoms with Gasteiger partial charge < -0.3 is 18.8 Å². The van der Waals surface area contributed by atoms with Crippen molar-refractivity contribution < 1.29 is 23.5 Å². The zero-order chi connectivity index (χ0) is 15.3. The van der Waals surface area contributed by atoms with Gasteiger partial charge in [-0.3, -0.25) is 9.59 Å². The maximum absolute atomic E-state index is 12.8. The quantitative estimate of drug-likeness (QED) is 0.616. The maximum atomic E-state index is 12.8. The molecular weight excluding hydrogens is 286 g/mol. The van der Waals surface area contributed by atoms with Crippen LogP contribution in [0, 0.1) is 11.8 Å².